The summed E-state index contributed by atoms with van der Waals surface area (Å²) in [6.45, 7) is 12.8. The molecule has 4 heterocycles. The number of para-hydroxylation sites is 2. The van der Waals surface area contributed by atoms with Crippen molar-refractivity contribution in [1.82, 2.24) is 38.7 Å². The molecule has 0 aliphatic heterocycles. The van der Waals surface area contributed by atoms with E-state index in [1.54, 1.807) is 15.1 Å². The van der Waals surface area contributed by atoms with Gasteiger partial charge in [0.05, 0.1) is 16.7 Å². The van der Waals surface area contributed by atoms with Gasteiger partial charge in [-0.15, -0.1) is 10.2 Å². The van der Waals surface area contributed by atoms with Crippen LogP contribution in [0.1, 0.15) is 44.5 Å². The van der Waals surface area contributed by atoms with Gasteiger partial charge in [-0.05, 0) is 90.4 Å². The molecule has 1 aliphatic rings. The molecule has 0 fully saturated rings. The van der Waals surface area contributed by atoms with Crippen molar-refractivity contribution in [3.05, 3.63) is 205 Å². The Hall–Kier alpha value is -7.91. The molecule has 0 saturated heterocycles. The molecule has 1 aliphatic carbocycles. The lowest BCUT2D eigenvalue weighted by molar-refractivity contribution is 0.786. The van der Waals surface area contributed by atoms with Crippen LogP contribution in [-0.2, 0) is 0 Å². The fourth-order valence-electron chi connectivity index (χ4n) is 8.15. The summed E-state index contributed by atoms with van der Waals surface area (Å²) in [7, 11) is 0. The highest BCUT2D eigenvalue weighted by Crippen LogP contribution is 2.35. The van der Waals surface area contributed by atoms with Crippen LogP contribution in [0.15, 0.2) is 193 Å². The first-order valence-corrected chi connectivity index (χ1v) is 20.6. The molecule has 10 rings (SSSR count). The van der Waals surface area contributed by atoms with Gasteiger partial charge in [-0.3, -0.25) is 4.98 Å². The van der Waals surface area contributed by atoms with Gasteiger partial charge in [-0.2, -0.15) is 19.0 Å². The molecule has 9 nitrogen and oxygen atoms in total. The monoisotopic (exact) mass is 793 g/mol. The molecular weight excluding hydrogens is 751 g/mol. The zero-order chi connectivity index (χ0) is 41.5. The fourth-order valence-corrected chi connectivity index (χ4v) is 8.15. The van der Waals surface area contributed by atoms with Crippen molar-refractivity contribution in [3.63, 3.8) is 0 Å². The van der Waals surface area contributed by atoms with Gasteiger partial charge in [0.25, 0.3) is 5.78 Å². The Morgan fingerprint density at radius 1 is 0.803 bits per heavy atom. The van der Waals surface area contributed by atoms with E-state index in [4.69, 9.17) is 25.2 Å². The number of benzene rings is 5. The van der Waals surface area contributed by atoms with E-state index >= 15 is 0 Å². The Morgan fingerprint density at radius 2 is 1.54 bits per heavy atom. The molecule has 0 atom stereocenters. The number of fused-ring (bicyclic) bond motifs is 6. The number of hydrogen-bond donors (Lipinski definition) is 1. The van der Waals surface area contributed by atoms with E-state index in [0.717, 1.165) is 86.0 Å². The summed E-state index contributed by atoms with van der Waals surface area (Å²) in [5, 5.41) is 12.5. The number of allylic oxidation sites excluding steroid dienone is 9. The van der Waals surface area contributed by atoms with Gasteiger partial charge in [0.1, 0.15) is 0 Å². The third kappa shape index (κ3) is 6.76. The van der Waals surface area contributed by atoms with Crippen molar-refractivity contribution in [2.24, 2.45) is 4.99 Å². The SMILES string of the molecule is C=C/C(=C\C(=C)C1=CC=CCC1)c1nc2[nH]c(=N/C(=C(\C)CC)c3ccc4c(c3)c3ccccc3n4-c3ccccc3)n3nc(-c4ccccc4-c4ccccc4)nc3n2n1. The van der Waals surface area contributed by atoms with Gasteiger partial charge in [-0.25, -0.2) is 4.99 Å². The Kier molecular flexibility index (Phi) is 9.61. The van der Waals surface area contributed by atoms with Gasteiger partial charge in [0, 0.05) is 33.2 Å². The third-order valence-electron chi connectivity index (χ3n) is 11.4. The van der Waals surface area contributed by atoms with Gasteiger partial charge in [0.15, 0.2) is 11.6 Å². The Balaban J connectivity index is 1.19. The number of hydrogen-bond acceptors (Lipinski definition) is 5. The quantitative estimate of drug-likeness (QED) is 0.140. The first-order chi connectivity index (χ1) is 30.0. The summed E-state index contributed by atoms with van der Waals surface area (Å²) in [5.41, 5.74) is 12.6. The summed E-state index contributed by atoms with van der Waals surface area (Å²) < 4.78 is 5.75. The van der Waals surface area contributed by atoms with E-state index in [1.807, 2.05) is 42.5 Å². The molecule has 0 saturated carbocycles. The molecule has 9 heteroatoms. The van der Waals surface area contributed by atoms with Crippen LogP contribution in [0.4, 0.5) is 0 Å². The van der Waals surface area contributed by atoms with Crippen LogP contribution in [-0.4, -0.2) is 38.7 Å². The lowest BCUT2D eigenvalue weighted by Gasteiger charge is -2.10. The molecule has 296 valence electrons. The van der Waals surface area contributed by atoms with Crippen molar-refractivity contribution in [1.29, 1.82) is 0 Å². The van der Waals surface area contributed by atoms with E-state index in [2.05, 4.69) is 146 Å². The lowest BCUT2D eigenvalue weighted by atomic mass is 9.96. The van der Waals surface area contributed by atoms with Crippen molar-refractivity contribution in [2.45, 2.75) is 33.1 Å². The number of aromatic amines is 1. The van der Waals surface area contributed by atoms with Crippen molar-refractivity contribution < 1.29 is 0 Å². The van der Waals surface area contributed by atoms with Crippen LogP contribution in [0.3, 0.4) is 0 Å². The number of nitrogens with one attached hydrogen (secondary N) is 1. The number of H-pyrrole nitrogens is 1. The summed E-state index contributed by atoms with van der Waals surface area (Å²) in [5.74, 6) is 1.94. The smallest absolute Gasteiger partial charge is 0.260 e. The van der Waals surface area contributed by atoms with E-state index in [-0.39, 0.29) is 0 Å². The topological polar surface area (TPSA) is 93.5 Å². The van der Waals surface area contributed by atoms with Gasteiger partial charge < -0.3 is 4.57 Å². The van der Waals surface area contributed by atoms with Gasteiger partial charge >= 0.3 is 0 Å². The highest BCUT2D eigenvalue weighted by Gasteiger charge is 2.20. The molecule has 0 unspecified atom stereocenters. The predicted octanol–water partition coefficient (Wildman–Crippen LogP) is 11.7. The van der Waals surface area contributed by atoms with Gasteiger partial charge in [-0.1, -0.05) is 141 Å². The molecule has 0 spiro atoms. The van der Waals surface area contributed by atoms with Crippen LogP contribution in [0, 0.1) is 0 Å². The maximum atomic E-state index is 5.43. The van der Waals surface area contributed by atoms with Crippen LogP contribution in [0.25, 0.3) is 72.8 Å². The zero-order valence-electron chi connectivity index (χ0n) is 34.1. The first-order valence-electron chi connectivity index (χ1n) is 20.6. The molecule has 0 radical (unpaired) electrons. The highest BCUT2D eigenvalue weighted by molar-refractivity contribution is 6.10. The molecule has 9 aromatic rings. The maximum Gasteiger partial charge on any atom is 0.260 e. The molecule has 0 bridgehead atoms. The van der Waals surface area contributed by atoms with E-state index in [0.29, 0.717) is 28.8 Å². The largest absolute Gasteiger partial charge is 0.309 e. The Bertz CT molecular complexity index is 3380. The molecule has 1 N–H and O–H groups in total. The maximum absolute atomic E-state index is 5.43. The molecule has 4 aromatic heterocycles. The van der Waals surface area contributed by atoms with Crippen LogP contribution in [0.5, 0.6) is 0 Å². The summed E-state index contributed by atoms with van der Waals surface area (Å²) >= 11 is 0. The number of nitrogens with zero attached hydrogens (tertiary/aromatic N) is 8. The van der Waals surface area contributed by atoms with Gasteiger partial charge in [0.2, 0.25) is 11.4 Å². The first kappa shape index (κ1) is 37.4. The minimum absolute atomic E-state index is 0.458. The standard InChI is InChI=1S/C52H43N9/c1-5-34(3)47(39-30-31-46-44(33-39)42-27-18-19-29-45(42)59(46)40-24-14-9-15-25-40)53-50-56-51-54-48(36(6-2)32-35(4)37-20-10-7-11-21-37)57-61(51)52-55-49(58-60(50)52)43-28-17-16-26-41(43)38-22-12-8-13-23-38/h6-10,12-20,22-33H,2,4-5,11,21H2,1,3H3,(H,53,54,56,57)/b36-32+,47-34+. The average molecular weight is 794 g/mol. The molecule has 61 heavy (non-hydrogen) atoms. The van der Waals surface area contributed by atoms with Crippen LogP contribution >= 0.6 is 0 Å². The van der Waals surface area contributed by atoms with Crippen molar-refractivity contribution >= 4 is 44.6 Å². The average Bonchev–Trinajstić information content (AvgIpc) is 4.05. The van der Waals surface area contributed by atoms with Crippen LogP contribution in [0.2, 0.25) is 0 Å². The number of rotatable bonds is 10. The predicted molar refractivity (Wildman–Crippen MR) is 248 cm³/mol. The second kappa shape index (κ2) is 15.7. The van der Waals surface area contributed by atoms with E-state index in [1.165, 1.54) is 11.0 Å². The summed E-state index contributed by atoms with van der Waals surface area (Å²) in [4.78, 5) is 19.1. The summed E-state index contributed by atoms with van der Waals surface area (Å²) in [6, 6.07) is 44.2. The normalized spacial score (nSPS) is 14.0. The van der Waals surface area contributed by atoms with Crippen LogP contribution < -0.4 is 5.62 Å². The summed E-state index contributed by atoms with van der Waals surface area (Å²) in [6.07, 6.45) is 12.8. The third-order valence-corrected chi connectivity index (χ3v) is 11.4. The van der Waals surface area contributed by atoms with E-state index < -0.39 is 0 Å². The molecule has 0 amide bonds. The van der Waals surface area contributed by atoms with Crippen molar-refractivity contribution in [2.75, 3.05) is 0 Å². The lowest BCUT2D eigenvalue weighted by Crippen LogP contribution is -2.22. The van der Waals surface area contributed by atoms with Crippen molar-refractivity contribution in [3.8, 4) is 28.2 Å². The van der Waals surface area contributed by atoms with E-state index in [9.17, 15) is 0 Å². The molecule has 5 aromatic carbocycles. The second-order valence-corrected chi connectivity index (χ2v) is 15.2. The number of aromatic nitrogens is 8. The zero-order valence-corrected chi connectivity index (χ0v) is 34.1. The highest BCUT2D eigenvalue weighted by atomic mass is 15.5. The Morgan fingerprint density at radius 3 is 2.31 bits per heavy atom. The Labute approximate surface area is 353 Å². The fraction of sp³-hybridized carbons (Fsp3) is 0.0962. The second-order valence-electron chi connectivity index (χ2n) is 15.2. The molecular formula is C52H43N9. The minimum Gasteiger partial charge on any atom is -0.309 e. The minimum atomic E-state index is 0.458.